The van der Waals surface area contributed by atoms with Crippen LogP contribution < -0.4 is 10.4 Å². The summed E-state index contributed by atoms with van der Waals surface area (Å²) in [5.74, 6) is 0.484. The fourth-order valence-corrected chi connectivity index (χ4v) is 2.52. The first-order valence-electron chi connectivity index (χ1n) is 7.95. The third-order valence-electron chi connectivity index (χ3n) is 3.86. The Kier molecular flexibility index (Phi) is 6.97. The molecule has 7 nitrogen and oxygen atoms in total. The minimum atomic E-state index is -0.496. The molecule has 1 aromatic heterocycles. The second-order valence-corrected chi connectivity index (χ2v) is 5.50. The van der Waals surface area contributed by atoms with Crippen LogP contribution in [0.1, 0.15) is 5.56 Å². The van der Waals surface area contributed by atoms with Gasteiger partial charge in [-0.05, 0) is 17.7 Å². The number of carbonyl (C=O) groups is 1. The van der Waals surface area contributed by atoms with Crippen LogP contribution in [0.25, 0.3) is 11.0 Å². The number of methoxy groups -OCH3 is 3. The lowest BCUT2D eigenvalue weighted by atomic mass is 10.1. The molecule has 0 aliphatic heterocycles. The maximum atomic E-state index is 12.7. The molecule has 0 saturated heterocycles. The number of amides is 1. The first-order chi connectivity index (χ1) is 12.1. The number of fused-ring (bicyclic) bond motifs is 1. The van der Waals surface area contributed by atoms with Gasteiger partial charge in [-0.1, -0.05) is 0 Å². The minimum absolute atomic E-state index is 0.0991. The molecule has 0 aliphatic carbocycles. The van der Waals surface area contributed by atoms with Crippen LogP contribution in [-0.4, -0.2) is 58.4 Å². The zero-order chi connectivity index (χ0) is 18.2. The van der Waals surface area contributed by atoms with E-state index in [1.807, 2.05) is 0 Å². The van der Waals surface area contributed by atoms with Crippen LogP contribution >= 0.6 is 0 Å². The van der Waals surface area contributed by atoms with Gasteiger partial charge in [0.1, 0.15) is 11.3 Å². The van der Waals surface area contributed by atoms with Gasteiger partial charge in [0.25, 0.3) is 0 Å². The van der Waals surface area contributed by atoms with Crippen molar-refractivity contribution in [3.05, 3.63) is 40.2 Å². The Morgan fingerprint density at radius 1 is 1.08 bits per heavy atom. The van der Waals surface area contributed by atoms with Crippen molar-refractivity contribution in [1.29, 1.82) is 0 Å². The maximum absolute atomic E-state index is 12.7. The van der Waals surface area contributed by atoms with E-state index < -0.39 is 5.63 Å². The normalized spacial score (nSPS) is 10.8. The Hall–Kier alpha value is -2.38. The molecule has 0 atom stereocenters. The molecule has 25 heavy (non-hydrogen) atoms. The van der Waals surface area contributed by atoms with Crippen LogP contribution in [0, 0.1) is 0 Å². The lowest BCUT2D eigenvalue weighted by Gasteiger charge is -2.22. The number of rotatable bonds is 9. The molecule has 2 aromatic rings. The summed E-state index contributed by atoms with van der Waals surface area (Å²) < 4.78 is 20.5. The highest BCUT2D eigenvalue weighted by Gasteiger charge is 2.16. The van der Waals surface area contributed by atoms with Gasteiger partial charge < -0.3 is 23.5 Å². The SMILES string of the molecule is COCCN(CCOC)C(=O)Cc1cc(=O)oc2cc(OC)ccc12. The van der Waals surface area contributed by atoms with Gasteiger partial charge in [-0.2, -0.15) is 0 Å². The number of ether oxygens (including phenoxy) is 3. The van der Waals surface area contributed by atoms with Crippen molar-refractivity contribution in [1.82, 2.24) is 4.90 Å². The molecule has 7 heteroatoms. The summed E-state index contributed by atoms with van der Waals surface area (Å²) in [5.41, 5.74) is 0.526. The molecule has 0 N–H and O–H groups in total. The number of benzene rings is 1. The fraction of sp³-hybridized carbons (Fsp3) is 0.444. The molecule has 0 spiro atoms. The molecule has 0 radical (unpaired) electrons. The van der Waals surface area contributed by atoms with Crippen LogP contribution in [-0.2, 0) is 20.7 Å². The van der Waals surface area contributed by atoms with Crippen LogP contribution in [0.5, 0.6) is 5.75 Å². The van der Waals surface area contributed by atoms with E-state index >= 15 is 0 Å². The van der Waals surface area contributed by atoms with Crippen molar-refractivity contribution in [2.45, 2.75) is 6.42 Å². The predicted octanol–water partition coefficient (Wildman–Crippen LogP) is 1.47. The molecule has 0 aliphatic rings. The van der Waals surface area contributed by atoms with E-state index in [2.05, 4.69) is 0 Å². The van der Waals surface area contributed by atoms with Crippen molar-refractivity contribution >= 4 is 16.9 Å². The second-order valence-electron chi connectivity index (χ2n) is 5.50. The van der Waals surface area contributed by atoms with E-state index in [1.54, 1.807) is 37.3 Å². The molecule has 136 valence electrons. The maximum Gasteiger partial charge on any atom is 0.336 e. The minimum Gasteiger partial charge on any atom is -0.497 e. The zero-order valence-corrected chi connectivity index (χ0v) is 14.7. The van der Waals surface area contributed by atoms with Crippen molar-refractivity contribution in [3.63, 3.8) is 0 Å². The van der Waals surface area contributed by atoms with E-state index in [0.29, 0.717) is 48.6 Å². The van der Waals surface area contributed by atoms with Gasteiger partial charge in [-0.15, -0.1) is 0 Å². The largest absolute Gasteiger partial charge is 0.497 e. The van der Waals surface area contributed by atoms with E-state index in [9.17, 15) is 9.59 Å². The van der Waals surface area contributed by atoms with Gasteiger partial charge in [0.05, 0.1) is 26.7 Å². The molecule has 0 unspecified atom stereocenters. The van der Waals surface area contributed by atoms with Gasteiger partial charge in [-0.3, -0.25) is 4.79 Å². The molecule has 1 heterocycles. The Bertz CT molecular complexity index is 762. The molecule has 1 amide bonds. The molecule has 0 fully saturated rings. The van der Waals surface area contributed by atoms with E-state index in [0.717, 1.165) is 0 Å². The van der Waals surface area contributed by atoms with Crippen molar-refractivity contribution in [2.24, 2.45) is 0 Å². The molecule has 2 rings (SSSR count). The van der Waals surface area contributed by atoms with Crippen LogP contribution in [0.15, 0.2) is 33.5 Å². The highest BCUT2D eigenvalue weighted by molar-refractivity contribution is 5.87. The van der Waals surface area contributed by atoms with E-state index in [4.69, 9.17) is 18.6 Å². The summed E-state index contributed by atoms with van der Waals surface area (Å²) in [4.78, 5) is 26.2. The van der Waals surface area contributed by atoms with Gasteiger partial charge in [0, 0.05) is 44.8 Å². The Morgan fingerprint density at radius 3 is 2.36 bits per heavy atom. The summed E-state index contributed by atoms with van der Waals surface area (Å²) in [5, 5.41) is 0.715. The third-order valence-corrected chi connectivity index (χ3v) is 3.86. The Labute approximate surface area is 146 Å². The van der Waals surface area contributed by atoms with Gasteiger partial charge in [0.15, 0.2) is 0 Å². The van der Waals surface area contributed by atoms with Crippen molar-refractivity contribution in [2.75, 3.05) is 47.6 Å². The van der Waals surface area contributed by atoms with Crippen LogP contribution in [0.2, 0.25) is 0 Å². The van der Waals surface area contributed by atoms with E-state index in [-0.39, 0.29) is 12.3 Å². The zero-order valence-electron chi connectivity index (χ0n) is 14.7. The summed E-state index contributed by atoms with van der Waals surface area (Å²) in [6, 6.07) is 6.55. The summed E-state index contributed by atoms with van der Waals surface area (Å²) in [7, 11) is 4.71. The first-order valence-corrected chi connectivity index (χ1v) is 7.95. The fourth-order valence-electron chi connectivity index (χ4n) is 2.52. The average Bonchev–Trinajstić information content (AvgIpc) is 2.61. The number of hydrogen-bond donors (Lipinski definition) is 0. The topological polar surface area (TPSA) is 78.2 Å². The lowest BCUT2D eigenvalue weighted by molar-refractivity contribution is -0.131. The molecule has 0 bridgehead atoms. The smallest absolute Gasteiger partial charge is 0.336 e. The van der Waals surface area contributed by atoms with Gasteiger partial charge in [0.2, 0.25) is 5.91 Å². The standard InChI is InChI=1S/C18H23NO6/c1-22-8-6-19(7-9-23-2)17(20)10-13-11-18(21)25-16-12-14(24-3)4-5-15(13)16/h4-5,11-12H,6-10H2,1-3H3. The third kappa shape index (κ3) is 5.04. The van der Waals surface area contributed by atoms with Crippen LogP contribution in [0.4, 0.5) is 0 Å². The molecular weight excluding hydrogens is 326 g/mol. The average molecular weight is 349 g/mol. The van der Waals surface area contributed by atoms with Gasteiger partial charge >= 0.3 is 5.63 Å². The predicted molar refractivity (Wildman–Crippen MR) is 93.1 cm³/mol. The highest BCUT2D eigenvalue weighted by atomic mass is 16.5. The van der Waals surface area contributed by atoms with Crippen molar-refractivity contribution in [3.8, 4) is 5.75 Å². The van der Waals surface area contributed by atoms with Crippen molar-refractivity contribution < 1.29 is 23.4 Å². The Morgan fingerprint density at radius 2 is 1.76 bits per heavy atom. The molecular formula is C18H23NO6. The molecule has 1 aromatic carbocycles. The monoisotopic (exact) mass is 349 g/mol. The number of carbonyl (C=O) groups excluding carboxylic acids is 1. The number of hydrogen-bond acceptors (Lipinski definition) is 6. The first kappa shape index (κ1) is 19.0. The number of nitrogens with zero attached hydrogens (tertiary/aromatic N) is 1. The van der Waals surface area contributed by atoms with E-state index in [1.165, 1.54) is 13.2 Å². The second kappa shape index (κ2) is 9.19. The quantitative estimate of drug-likeness (QED) is 0.638. The lowest BCUT2D eigenvalue weighted by Crippen LogP contribution is -2.37. The van der Waals surface area contributed by atoms with Gasteiger partial charge in [-0.25, -0.2) is 4.79 Å². The Balaban J connectivity index is 2.27. The summed E-state index contributed by atoms with van der Waals surface area (Å²) in [6.07, 6.45) is 0.0991. The summed E-state index contributed by atoms with van der Waals surface area (Å²) in [6.45, 7) is 1.80. The summed E-state index contributed by atoms with van der Waals surface area (Å²) >= 11 is 0. The van der Waals surface area contributed by atoms with Crippen LogP contribution in [0.3, 0.4) is 0 Å². The molecule has 0 saturated carbocycles. The highest BCUT2D eigenvalue weighted by Crippen LogP contribution is 2.23.